The standard InChI is InChI=1S/C13H17NO3/c1-11(2)8-10-17-13-5-3-12(4-6-13)7-9-14(15)16/h3-7,9,11H,8,10H2,1-2H3. The van der Waals surface area contributed by atoms with Crippen LogP contribution in [0, 0.1) is 16.0 Å². The van der Waals surface area contributed by atoms with E-state index in [-0.39, 0.29) is 0 Å². The second-order valence-corrected chi connectivity index (χ2v) is 4.20. The predicted octanol–water partition coefficient (Wildman–Crippen LogP) is 3.36. The number of nitro groups is 1. The average Bonchev–Trinajstić information content (AvgIpc) is 2.27. The molecule has 92 valence electrons. The molecule has 0 unspecified atom stereocenters. The van der Waals surface area contributed by atoms with Crippen molar-refractivity contribution >= 4 is 6.08 Å². The highest BCUT2D eigenvalue weighted by atomic mass is 16.6. The molecule has 0 saturated carbocycles. The third kappa shape index (κ3) is 5.70. The van der Waals surface area contributed by atoms with E-state index in [1.54, 1.807) is 12.1 Å². The fraction of sp³-hybridized carbons (Fsp3) is 0.385. The first kappa shape index (κ1) is 13.2. The number of nitrogens with zero attached hydrogens (tertiary/aromatic N) is 1. The summed E-state index contributed by atoms with van der Waals surface area (Å²) in [6, 6.07) is 7.23. The van der Waals surface area contributed by atoms with Gasteiger partial charge in [0.25, 0.3) is 0 Å². The van der Waals surface area contributed by atoms with Crippen molar-refractivity contribution in [3.63, 3.8) is 0 Å². The third-order valence-electron chi connectivity index (χ3n) is 2.23. The molecule has 0 aromatic heterocycles. The van der Waals surface area contributed by atoms with Gasteiger partial charge in [0.15, 0.2) is 0 Å². The summed E-state index contributed by atoms with van der Waals surface area (Å²) in [5.74, 6) is 1.42. The van der Waals surface area contributed by atoms with Gasteiger partial charge in [-0.25, -0.2) is 0 Å². The Morgan fingerprint density at radius 3 is 2.53 bits per heavy atom. The molecule has 0 bridgehead atoms. The van der Waals surface area contributed by atoms with Gasteiger partial charge in [-0.1, -0.05) is 26.0 Å². The molecule has 1 aromatic carbocycles. The first-order valence-electron chi connectivity index (χ1n) is 5.62. The van der Waals surface area contributed by atoms with Crippen LogP contribution >= 0.6 is 0 Å². The van der Waals surface area contributed by atoms with Crippen molar-refractivity contribution in [3.05, 3.63) is 46.1 Å². The molecule has 1 rings (SSSR count). The summed E-state index contributed by atoms with van der Waals surface area (Å²) in [5, 5.41) is 10.1. The van der Waals surface area contributed by atoms with E-state index in [0.29, 0.717) is 12.5 Å². The van der Waals surface area contributed by atoms with Crippen molar-refractivity contribution < 1.29 is 9.66 Å². The van der Waals surface area contributed by atoms with E-state index in [2.05, 4.69) is 13.8 Å². The normalized spacial score (nSPS) is 11.0. The fourth-order valence-electron chi connectivity index (χ4n) is 1.23. The third-order valence-corrected chi connectivity index (χ3v) is 2.23. The molecule has 0 aliphatic rings. The Balaban J connectivity index is 2.47. The SMILES string of the molecule is CC(C)CCOc1ccc(C=C[N+](=O)[O-])cc1. The highest BCUT2D eigenvalue weighted by Gasteiger charge is 1.97. The smallest absolute Gasteiger partial charge is 0.235 e. The Labute approximate surface area is 101 Å². The van der Waals surface area contributed by atoms with Crippen LogP contribution in [0.4, 0.5) is 0 Å². The molecule has 1 aromatic rings. The van der Waals surface area contributed by atoms with Gasteiger partial charge in [-0.2, -0.15) is 0 Å². The highest BCUT2D eigenvalue weighted by molar-refractivity contribution is 5.49. The van der Waals surface area contributed by atoms with Gasteiger partial charge in [0.05, 0.1) is 11.5 Å². The van der Waals surface area contributed by atoms with Crippen LogP contribution in [0.1, 0.15) is 25.8 Å². The van der Waals surface area contributed by atoms with Crippen molar-refractivity contribution in [1.82, 2.24) is 0 Å². The fourth-order valence-corrected chi connectivity index (χ4v) is 1.23. The van der Waals surface area contributed by atoms with E-state index in [1.807, 2.05) is 12.1 Å². The van der Waals surface area contributed by atoms with Crippen molar-refractivity contribution in [1.29, 1.82) is 0 Å². The molecule has 4 nitrogen and oxygen atoms in total. The summed E-state index contributed by atoms with van der Waals surface area (Å²) in [7, 11) is 0. The van der Waals surface area contributed by atoms with Gasteiger partial charge in [-0.15, -0.1) is 0 Å². The molecule has 0 radical (unpaired) electrons. The second-order valence-electron chi connectivity index (χ2n) is 4.20. The Bertz CT molecular complexity index is 382. The highest BCUT2D eigenvalue weighted by Crippen LogP contribution is 2.14. The van der Waals surface area contributed by atoms with Crippen LogP contribution in [0.25, 0.3) is 6.08 Å². The Morgan fingerprint density at radius 1 is 1.35 bits per heavy atom. The molecular weight excluding hydrogens is 218 g/mol. The minimum absolute atomic E-state index is 0.479. The van der Waals surface area contributed by atoms with Gasteiger partial charge in [-0.05, 0) is 30.0 Å². The Hall–Kier alpha value is -1.84. The summed E-state index contributed by atoms with van der Waals surface area (Å²) in [5.41, 5.74) is 0.790. The van der Waals surface area contributed by atoms with E-state index in [1.165, 1.54) is 6.08 Å². The number of rotatable bonds is 6. The van der Waals surface area contributed by atoms with Gasteiger partial charge in [0, 0.05) is 6.08 Å². The van der Waals surface area contributed by atoms with Crippen molar-refractivity contribution in [2.45, 2.75) is 20.3 Å². The van der Waals surface area contributed by atoms with Crippen LogP contribution in [0.3, 0.4) is 0 Å². The lowest BCUT2D eigenvalue weighted by Crippen LogP contribution is -2.01. The van der Waals surface area contributed by atoms with E-state index in [0.717, 1.165) is 23.9 Å². The predicted molar refractivity (Wildman–Crippen MR) is 67.4 cm³/mol. The maximum atomic E-state index is 10.1. The summed E-state index contributed by atoms with van der Waals surface area (Å²) in [4.78, 5) is 9.66. The van der Waals surface area contributed by atoms with Crippen LogP contribution in [0.15, 0.2) is 30.5 Å². The van der Waals surface area contributed by atoms with Crippen LogP contribution in [0.2, 0.25) is 0 Å². The number of benzene rings is 1. The lowest BCUT2D eigenvalue weighted by Gasteiger charge is -2.07. The Morgan fingerprint density at radius 2 is 2.00 bits per heavy atom. The van der Waals surface area contributed by atoms with Gasteiger partial charge in [0.1, 0.15) is 5.75 Å². The van der Waals surface area contributed by atoms with Gasteiger partial charge < -0.3 is 4.74 Å². The second kappa shape index (κ2) is 6.68. The zero-order valence-electron chi connectivity index (χ0n) is 10.1. The van der Waals surface area contributed by atoms with Crippen LogP contribution in [-0.2, 0) is 0 Å². The minimum atomic E-state index is -0.479. The van der Waals surface area contributed by atoms with Gasteiger partial charge in [-0.3, -0.25) is 10.1 Å². The Kier molecular flexibility index (Phi) is 5.20. The van der Waals surface area contributed by atoms with Crippen LogP contribution in [0.5, 0.6) is 5.75 Å². The van der Waals surface area contributed by atoms with Crippen LogP contribution < -0.4 is 4.74 Å². The zero-order valence-corrected chi connectivity index (χ0v) is 10.1. The molecule has 0 aliphatic carbocycles. The maximum Gasteiger partial charge on any atom is 0.235 e. The van der Waals surface area contributed by atoms with Crippen molar-refractivity contribution in [2.75, 3.05) is 6.61 Å². The summed E-state index contributed by atoms with van der Waals surface area (Å²) in [6.45, 7) is 4.99. The summed E-state index contributed by atoms with van der Waals surface area (Å²) < 4.78 is 5.54. The topological polar surface area (TPSA) is 52.4 Å². The summed E-state index contributed by atoms with van der Waals surface area (Å²) in [6.07, 6.45) is 3.40. The minimum Gasteiger partial charge on any atom is -0.494 e. The molecule has 0 aliphatic heterocycles. The average molecular weight is 235 g/mol. The lowest BCUT2D eigenvalue weighted by atomic mass is 10.1. The molecule has 0 heterocycles. The lowest BCUT2D eigenvalue weighted by molar-refractivity contribution is -0.400. The molecule has 0 saturated heterocycles. The molecule has 4 heteroatoms. The molecule has 0 fully saturated rings. The number of hydrogen-bond acceptors (Lipinski definition) is 3. The van der Waals surface area contributed by atoms with Gasteiger partial charge in [0.2, 0.25) is 6.20 Å². The van der Waals surface area contributed by atoms with Crippen LogP contribution in [-0.4, -0.2) is 11.5 Å². The summed E-state index contributed by atoms with van der Waals surface area (Å²) >= 11 is 0. The van der Waals surface area contributed by atoms with E-state index < -0.39 is 4.92 Å². The first-order chi connectivity index (χ1) is 8.08. The molecule has 0 spiro atoms. The van der Waals surface area contributed by atoms with E-state index in [4.69, 9.17) is 4.74 Å². The van der Waals surface area contributed by atoms with E-state index >= 15 is 0 Å². The monoisotopic (exact) mass is 235 g/mol. The number of hydrogen-bond donors (Lipinski definition) is 0. The molecule has 17 heavy (non-hydrogen) atoms. The van der Waals surface area contributed by atoms with Crippen molar-refractivity contribution in [2.24, 2.45) is 5.92 Å². The van der Waals surface area contributed by atoms with Gasteiger partial charge >= 0.3 is 0 Å². The largest absolute Gasteiger partial charge is 0.494 e. The first-order valence-corrected chi connectivity index (χ1v) is 5.62. The maximum absolute atomic E-state index is 10.1. The molecule has 0 atom stereocenters. The molecular formula is C13H17NO3. The molecule has 0 amide bonds. The molecule has 0 N–H and O–H groups in total. The van der Waals surface area contributed by atoms with Crippen molar-refractivity contribution in [3.8, 4) is 5.75 Å². The zero-order chi connectivity index (χ0) is 12.7. The van der Waals surface area contributed by atoms with E-state index in [9.17, 15) is 10.1 Å². The quantitative estimate of drug-likeness (QED) is 0.561. The number of ether oxygens (including phenoxy) is 1.